The molecular weight excluding hydrogens is 387 g/mol. The molecule has 160 valence electrons. The lowest BCUT2D eigenvalue weighted by Gasteiger charge is -2.30. The van der Waals surface area contributed by atoms with Crippen LogP contribution in [0.2, 0.25) is 0 Å². The monoisotopic (exact) mass is 413 g/mol. The first-order chi connectivity index (χ1) is 13.2. The highest BCUT2D eigenvalue weighted by molar-refractivity contribution is 5.84. The summed E-state index contributed by atoms with van der Waals surface area (Å²) >= 11 is 0. The van der Waals surface area contributed by atoms with Gasteiger partial charge in [0, 0.05) is 18.8 Å². The van der Waals surface area contributed by atoms with E-state index in [2.05, 4.69) is 31.0 Å². The predicted octanol–water partition coefficient (Wildman–Crippen LogP) is 3.44. The summed E-state index contributed by atoms with van der Waals surface area (Å²) in [5.74, 6) is -0.585. The lowest BCUT2D eigenvalue weighted by atomic mass is 10.0. The number of nitrogens with one attached hydrogen (secondary N) is 3. The second kappa shape index (κ2) is 7.53. The Morgan fingerprint density at radius 1 is 1.10 bits per heavy atom. The zero-order chi connectivity index (χ0) is 22.2. The van der Waals surface area contributed by atoms with E-state index in [9.17, 15) is 18.0 Å². The van der Waals surface area contributed by atoms with Crippen molar-refractivity contribution in [2.45, 2.75) is 58.8 Å². The summed E-state index contributed by atoms with van der Waals surface area (Å²) in [6.07, 6.45) is -2.38. The van der Waals surface area contributed by atoms with E-state index < -0.39 is 22.8 Å². The first kappa shape index (κ1) is 22.4. The molecule has 2 heterocycles. The minimum Gasteiger partial charge on any atom is -0.372 e. The number of alkyl halides is 3. The van der Waals surface area contributed by atoms with E-state index in [1.165, 1.54) is 13.2 Å². The number of hydrogen-bond acceptors (Lipinski definition) is 6. The number of carbonyl (C=O) groups is 1. The summed E-state index contributed by atoms with van der Waals surface area (Å²) in [6, 6.07) is 0. The quantitative estimate of drug-likeness (QED) is 0.695. The molecule has 0 fully saturated rings. The van der Waals surface area contributed by atoms with Crippen LogP contribution in [0.5, 0.6) is 0 Å². The van der Waals surface area contributed by atoms with Gasteiger partial charge in [-0.1, -0.05) is 0 Å². The molecule has 0 bridgehead atoms. The third-order valence-corrected chi connectivity index (χ3v) is 4.16. The van der Waals surface area contributed by atoms with Crippen molar-refractivity contribution in [3.05, 3.63) is 23.7 Å². The van der Waals surface area contributed by atoms with Gasteiger partial charge in [-0.2, -0.15) is 23.3 Å². The van der Waals surface area contributed by atoms with Gasteiger partial charge in [0.05, 0.1) is 17.6 Å². The van der Waals surface area contributed by atoms with Gasteiger partial charge in [0.1, 0.15) is 16.9 Å². The first-order valence-electron chi connectivity index (χ1n) is 8.93. The number of amides is 1. The fourth-order valence-electron chi connectivity index (χ4n) is 2.65. The normalized spacial score (nSPS) is 12.6. The van der Waals surface area contributed by atoms with Crippen molar-refractivity contribution in [3.8, 4) is 0 Å². The lowest BCUT2D eigenvalue weighted by Crippen LogP contribution is -2.51. The van der Waals surface area contributed by atoms with Crippen LogP contribution in [0.4, 0.5) is 30.6 Å². The van der Waals surface area contributed by atoms with E-state index in [4.69, 9.17) is 0 Å². The average Bonchev–Trinajstić information content (AvgIpc) is 2.93. The Labute approximate surface area is 167 Å². The van der Waals surface area contributed by atoms with Crippen LogP contribution in [0.3, 0.4) is 0 Å². The molecular formula is C18H26F3N7O. The van der Waals surface area contributed by atoms with Crippen LogP contribution < -0.4 is 16.0 Å². The molecule has 29 heavy (non-hydrogen) atoms. The van der Waals surface area contributed by atoms with Crippen LogP contribution in [0.25, 0.3) is 0 Å². The van der Waals surface area contributed by atoms with E-state index in [-0.39, 0.29) is 17.7 Å². The summed E-state index contributed by atoms with van der Waals surface area (Å²) in [4.78, 5) is 20.3. The third kappa shape index (κ3) is 4.96. The summed E-state index contributed by atoms with van der Waals surface area (Å²) in [7, 11) is 1.35. The van der Waals surface area contributed by atoms with Crippen molar-refractivity contribution in [1.82, 2.24) is 25.1 Å². The zero-order valence-corrected chi connectivity index (χ0v) is 17.5. The maximum Gasteiger partial charge on any atom is 0.421 e. The van der Waals surface area contributed by atoms with E-state index in [0.29, 0.717) is 17.6 Å². The average molecular weight is 413 g/mol. The molecule has 1 amide bonds. The Morgan fingerprint density at radius 2 is 1.72 bits per heavy atom. The highest BCUT2D eigenvalue weighted by Crippen LogP contribution is 2.34. The molecule has 2 aromatic rings. The summed E-state index contributed by atoms with van der Waals surface area (Å²) < 4.78 is 40.5. The predicted molar refractivity (Wildman–Crippen MR) is 104 cm³/mol. The van der Waals surface area contributed by atoms with Gasteiger partial charge in [-0.05, 0) is 41.5 Å². The SMILES string of the molecule is CNc1nc(Nc2cnn(C(C)(C)C(=O)NC(C)(C)C)c2C)ncc1C(F)(F)F. The summed E-state index contributed by atoms with van der Waals surface area (Å²) in [5, 5.41) is 12.5. The molecule has 0 saturated heterocycles. The van der Waals surface area contributed by atoms with Gasteiger partial charge in [-0.3, -0.25) is 9.48 Å². The summed E-state index contributed by atoms with van der Waals surface area (Å²) in [5.41, 5.74) is -1.28. The van der Waals surface area contributed by atoms with Crippen LogP contribution in [0.15, 0.2) is 12.4 Å². The number of nitrogens with zero attached hydrogens (tertiary/aromatic N) is 4. The van der Waals surface area contributed by atoms with Crippen molar-refractivity contribution in [2.75, 3.05) is 17.7 Å². The largest absolute Gasteiger partial charge is 0.421 e. The number of halogens is 3. The third-order valence-electron chi connectivity index (χ3n) is 4.16. The molecule has 2 rings (SSSR count). The van der Waals surface area contributed by atoms with Gasteiger partial charge in [0.25, 0.3) is 0 Å². The van der Waals surface area contributed by atoms with Crippen molar-refractivity contribution >= 4 is 23.4 Å². The van der Waals surface area contributed by atoms with Gasteiger partial charge >= 0.3 is 6.18 Å². The standard InChI is InChI=1S/C18H26F3N7O/c1-10-12(9-24-28(10)17(5,6)14(29)27-16(2,3)4)25-15-23-8-11(18(19,20)21)13(22-7)26-15/h8-9H,1-7H3,(H,27,29)(H2,22,23,25,26). The van der Waals surface area contributed by atoms with Gasteiger partial charge in [-0.25, -0.2) is 4.98 Å². The minimum absolute atomic E-state index is 0.0260. The molecule has 8 nitrogen and oxygen atoms in total. The first-order valence-corrected chi connectivity index (χ1v) is 8.93. The number of aromatic nitrogens is 4. The van der Waals surface area contributed by atoms with Crippen LogP contribution >= 0.6 is 0 Å². The topological polar surface area (TPSA) is 96.8 Å². The highest BCUT2D eigenvalue weighted by atomic mass is 19.4. The maximum absolute atomic E-state index is 13.0. The highest BCUT2D eigenvalue weighted by Gasteiger charge is 2.36. The Kier molecular flexibility index (Phi) is 5.82. The Balaban J connectivity index is 2.31. The van der Waals surface area contributed by atoms with Crippen molar-refractivity contribution in [1.29, 1.82) is 0 Å². The Bertz CT molecular complexity index is 898. The minimum atomic E-state index is -4.57. The second-order valence-corrected chi connectivity index (χ2v) is 8.15. The number of carbonyl (C=O) groups excluding carboxylic acids is 1. The lowest BCUT2D eigenvalue weighted by molar-refractivity contribution is -0.137. The van der Waals surface area contributed by atoms with Crippen LogP contribution in [0.1, 0.15) is 45.9 Å². The Morgan fingerprint density at radius 3 is 2.24 bits per heavy atom. The van der Waals surface area contributed by atoms with E-state index in [1.807, 2.05) is 20.8 Å². The number of hydrogen-bond donors (Lipinski definition) is 3. The van der Waals surface area contributed by atoms with Crippen molar-refractivity contribution < 1.29 is 18.0 Å². The molecule has 3 N–H and O–H groups in total. The number of rotatable bonds is 5. The fourth-order valence-corrected chi connectivity index (χ4v) is 2.65. The molecule has 0 atom stereocenters. The van der Waals surface area contributed by atoms with E-state index in [1.54, 1.807) is 25.5 Å². The Hall–Kier alpha value is -2.85. The summed E-state index contributed by atoms with van der Waals surface area (Å²) in [6.45, 7) is 10.8. The molecule has 0 unspecified atom stereocenters. The van der Waals surface area contributed by atoms with E-state index in [0.717, 1.165) is 0 Å². The molecule has 0 aliphatic heterocycles. The molecule has 0 aliphatic rings. The number of anilines is 3. The smallest absolute Gasteiger partial charge is 0.372 e. The van der Waals surface area contributed by atoms with E-state index >= 15 is 0 Å². The fraction of sp³-hybridized carbons (Fsp3) is 0.556. The second-order valence-electron chi connectivity index (χ2n) is 8.15. The van der Waals surface area contributed by atoms with Gasteiger partial charge in [0.2, 0.25) is 11.9 Å². The molecule has 0 aromatic carbocycles. The van der Waals surface area contributed by atoms with Crippen LogP contribution in [-0.2, 0) is 16.5 Å². The molecule has 0 aliphatic carbocycles. The van der Waals surface area contributed by atoms with Crippen molar-refractivity contribution in [3.63, 3.8) is 0 Å². The van der Waals surface area contributed by atoms with Gasteiger partial charge < -0.3 is 16.0 Å². The van der Waals surface area contributed by atoms with Gasteiger partial charge in [0.15, 0.2) is 0 Å². The molecule has 0 saturated carbocycles. The molecule has 0 radical (unpaired) electrons. The van der Waals surface area contributed by atoms with Crippen molar-refractivity contribution in [2.24, 2.45) is 0 Å². The maximum atomic E-state index is 13.0. The molecule has 2 aromatic heterocycles. The molecule has 11 heteroatoms. The van der Waals surface area contributed by atoms with Gasteiger partial charge in [-0.15, -0.1) is 0 Å². The molecule has 0 spiro atoms. The van der Waals surface area contributed by atoms with Crippen LogP contribution in [-0.4, -0.2) is 38.2 Å². The van der Waals surface area contributed by atoms with Crippen LogP contribution in [0, 0.1) is 6.92 Å². The zero-order valence-electron chi connectivity index (χ0n) is 17.5.